The maximum absolute atomic E-state index is 12.2. The largest absolute Gasteiger partial charge is 0.457 e. The van der Waals surface area contributed by atoms with E-state index >= 15 is 0 Å². The minimum absolute atomic E-state index is 0.0410. The van der Waals surface area contributed by atoms with Crippen LogP contribution in [0.15, 0.2) is 88.9 Å². The van der Waals surface area contributed by atoms with Gasteiger partial charge in [0.05, 0.1) is 17.2 Å². The second kappa shape index (κ2) is 9.28. The highest BCUT2D eigenvalue weighted by molar-refractivity contribution is 8.01. The number of fused-ring (bicyclic) bond motifs is 1. The lowest BCUT2D eigenvalue weighted by molar-refractivity contribution is -0.124. The van der Waals surface area contributed by atoms with E-state index in [-0.39, 0.29) is 18.2 Å². The summed E-state index contributed by atoms with van der Waals surface area (Å²) < 4.78 is 5.79. The van der Waals surface area contributed by atoms with Gasteiger partial charge in [-0.1, -0.05) is 42.5 Å². The average Bonchev–Trinajstić information content (AvgIpc) is 2.75. The van der Waals surface area contributed by atoms with Crippen molar-refractivity contribution in [3.63, 3.8) is 0 Å². The van der Waals surface area contributed by atoms with Gasteiger partial charge in [0, 0.05) is 11.3 Å². The van der Waals surface area contributed by atoms with Crippen molar-refractivity contribution >= 4 is 35.5 Å². The van der Waals surface area contributed by atoms with Crippen molar-refractivity contribution in [3.8, 4) is 11.5 Å². The van der Waals surface area contributed by atoms with Gasteiger partial charge in [0.2, 0.25) is 11.8 Å². The minimum Gasteiger partial charge on any atom is -0.457 e. The molecule has 0 aromatic heterocycles. The van der Waals surface area contributed by atoms with Gasteiger partial charge in [-0.25, -0.2) is 5.43 Å². The van der Waals surface area contributed by atoms with E-state index in [0.29, 0.717) is 5.75 Å². The highest BCUT2D eigenvalue weighted by Gasteiger charge is 2.28. The lowest BCUT2D eigenvalue weighted by Gasteiger charge is -2.23. The molecule has 1 atom stereocenters. The lowest BCUT2D eigenvalue weighted by atomic mass is 10.2. The molecule has 2 amide bonds. The molecule has 0 saturated carbocycles. The lowest BCUT2D eigenvalue weighted by Crippen LogP contribution is -2.33. The zero-order chi connectivity index (χ0) is 20.8. The van der Waals surface area contributed by atoms with Gasteiger partial charge >= 0.3 is 0 Å². The van der Waals surface area contributed by atoms with Crippen LogP contribution in [0.4, 0.5) is 5.69 Å². The molecule has 2 N–H and O–H groups in total. The number of carbonyl (C=O) groups is 2. The fourth-order valence-corrected chi connectivity index (χ4v) is 4.01. The summed E-state index contributed by atoms with van der Waals surface area (Å²) in [4.78, 5) is 25.4. The molecule has 0 spiro atoms. The summed E-state index contributed by atoms with van der Waals surface area (Å²) in [5.41, 5.74) is 4.05. The molecule has 6 nitrogen and oxygen atoms in total. The number of anilines is 1. The maximum Gasteiger partial charge on any atom is 0.241 e. The number of para-hydroxylation sites is 2. The van der Waals surface area contributed by atoms with Crippen molar-refractivity contribution in [2.75, 3.05) is 5.32 Å². The second-order valence-electron chi connectivity index (χ2n) is 6.58. The Bertz CT molecular complexity index is 1090. The van der Waals surface area contributed by atoms with Crippen LogP contribution in [-0.4, -0.2) is 23.3 Å². The number of hydrogen-bond donors (Lipinski definition) is 2. The molecule has 0 bridgehead atoms. The highest BCUT2D eigenvalue weighted by Crippen LogP contribution is 2.36. The molecule has 0 aliphatic carbocycles. The van der Waals surface area contributed by atoms with E-state index in [2.05, 4.69) is 15.8 Å². The first kappa shape index (κ1) is 19.7. The van der Waals surface area contributed by atoms with Gasteiger partial charge in [-0.15, -0.1) is 11.8 Å². The Morgan fingerprint density at radius 1 is 1.03 bits per heavy atom. The number of benzene rings is 3. The Morgan fingerprint density at radius 2 is 1.80 bits per heavy atom. The first-order valence-electron chi connectivity index (χ1n) is 9.39. The smallest absolute Gasteiger partial charge is 0.241 e. The molecule has 1 heterocycles. The third kappa shape index (κ3) is 5.07. The molecular weight excluding hydrogens is 398 g/mol. The first-order chi connectivity index (χ1) is 14.7. The van der Waals surface area contributed by atoms with Gasteiger partial charge in [-0.05, 0) is 42.0 Å². The van der Waals surface area contributed by atoms with E-state index in [1.165, 1.54) is 11.8 Å². The number of hydrazone groups is 1. The Kier molecular flexibility index (Phi) is 6.10. The Morgan fingerprint density at radius 3 is 2.67 bits per heavy atom. The Labute approximate surface area is 178 Å². The van der Waals surface area contributed by atoms with Crippen molar-refractivity contribution < 1.29 is 14.3 Å². The van der Waals surface area contributed by atoms with E-state index in [1.807, 2.05) is 78.9 Å². The predicted octanol–water partition coefficient (Wildman–Crippen LogP) is 4.43. The number of amides is 2. The van der Waals surface area contributed by atoms with Gasteiger partial charge in [0.15, 0.2) is 0 Å². The molecule has 3 aromatic carbocycles. The third-order valence-corrected chi connectivity index (χ3v) is 5.59. The maximum atomic E-state index is 12.2. The Balaban J connectivity index is 1.32. The van der Waals surface area contributed by atoms with Crippen LogP contribution in [0, 0.1) is 0 Å². The number of carbonyl (C=O) groups excluding carboxylic acids is 2. The molecule has 1 unspecified atom stereocenters. The van der Waals surface area contributed by atoms with Crippen LogP contribution in [0.3, 0.4) is 0 Å². The average molecular weight is 417 g/mol. The highest BCUT2D eigenvalue weighted by atomic mass is 32.2. The second-order valence-corrected chi connectivity index (χ2v) is 7.82. The SMILES string of the molecule is O=C(CC1Sc2ccccc2NC1=O)NN=Cc1cccc(Oc2ccccc2)c1. The monoisotopic (exact) mass is 417 g/mol. The van der Waals surface area contributed by atoms with Crippen molar-refractivity contribution in [1.29, 1.82) is 0 Å². The van der Waals surface area contributed by atoms with Gasteiger partial charge < -0.3 is 10.1 Å². The van der Waals surface area contributed by atoms with Crippen LogP contribution in [0.5, 0.6) is 11.5 Å². The number of thioether (sulfide) groups is 1. The minimum atomic E-state index is -0.488. The van der Waals surface area contributed by atoms with E-state index in [1.54, 1.807) is 6.21 Å². The van der Waals surface area contributed by atoms with Crippen LogP contribution in [-0.2, 0) is 9.59 Å². The van der Waals surface area contributed by atoms with Crippen LogP contribution in [0.25, 0.3) is 0 Å². The number of nitrogens with one attached hydrogen (secondary N) is 2. The molecule has 7 heteroatoms. The molecule has 150 valence electrons. The van der Waals surface area contributed by atoms with Crippen molar-refractivity contribution in [1.82, 2.24) is 5.43 Å². The molecule has 3 aromatic rings. The van der Waals surface area contributed by atoms with E-state index < -0.39 is 5.25 Å². The zero-order valence-corrected chi connectivity index (χ0v) is 16.8. The first-order valence-corrected chi connectivity index (χ1v) is 10.3. The fraction of sp³-hybridized carbons (Fsp3) is 0.0870. The summed E-state index contributed by atoms with van der Waals surface area (Å²) in [6.07, 6.45) is 1.58. The summed E-state index contributed by atoms with van der Waals surface area (Å²) in [7, 11) is 0. The van der Waals surface area contributed by atoms with E-state index in [4.69, 9.17) is 4.74 Å². The molecular formula is C23H19N3O3S. The quantitative estimate of drug-likeness (QED) is 0.459. The van der Waals surface area contributed by atoms with Gasteiger partial charge in [-0.3, -0.25) is 9.59 Å². The number of nitrogens with zero attached hydrogens (tertiary/aromatic N) is 1. The molecule has 0 radical (unpaired) electrons. The summed E-state index contributed by atoms with van der Waals surface area (Å²) in [5.74, 6) is 0.911. The normalized spacial score (nSPS) is 15.3. The van der Waals surface area contributed by atoms with Gasteiger partial charge in [0.1, 0.15) is 11.5 Å². The molecule has 1 aliphatic rings. The van der Waals surface area contributed by atoms with Crippen LogP contribution in [0.1, 0.15) is 12.0 Å². The summed E-state index contributed by atoms with van der Waals surface area (Å²) in [6, 6.07) is 24.4. The standard InChI is InChI=1S/C23H19N3O3S/c27-22(14-21-23(28)25-19-11-4-5-12-20(19)30-21)26-24-15-16-7-6-10-18(13-16)29-17-8-2-1-3-9-17/h1-13,15,21H,14H2,(H,25,28)(H,26,27). The van der Waals surface area contributed by atoms with Crippen molar-refractivity contribution in [2.24, 2.45) is 5.10 Å². The van der Waals surface area contributed by atoms with Crippen molar-refractivity contribution in [2.45, 2.75) is 16.6 Å². The van der Waals surface area contributed by atoms with Crippen LogP contribution >= 0.6 is 11.8 Å². The molecule has 0 fully saturated rings. The Hall–Kier alpha value is -3.58. The molecule has 1 aliphatic heterocycles. The summed E-state index contributed by atoms with van der Waals surface area (Å²) >= 11 is 1.38. The van der Waals surface area contributed by atoms with Crippen molar-refractivity contribution in [3.05, 3.63) is 84.4 Å². The topological polar surface area (TPSA) is 79.8 Å². The van der Waals surface area contributed by atoms with Gasteiger partial charge in [0.25, 0.3) is 0 Å². The predicted molar refractivity (Wildman–Crippen MR) is 118 cm³/mol. The summed E-state index contributed by atoms with van der Waals surface area (Å²) in [5, 5.41) is 6.35. The third-order valence-electron chi connectivity index (χ3n) is 4.32. The molecule has 0 saturated heterocycles. The zero-order valence-electron chi connectivity index (χ0n) is 15.9. The van der Waals surface area contributed by atoms with Crippen LogP contribution < -0.4 is 15.5 Å². The van der Waals surface area contributed by atoms with Gasteiger partial charge in [-0.2, -0.15) is 5.10 Å². The number of ether oxygens (including phenoxy) is 1. The number of rotatable bonds is 6. The number of hydrogen-bond acceptors (Lipinski definition) is 5. The molecule has 30 heavy (non-hydrogen) atoms. The van der Waals surface area contributed by atoms with E-state index in [9.17, 15) is 9.59 Å². The molecule has 4 rings (SSSR count). The van der Waals surface area contributed by atoms with E-state index in [0.717, 1.165) is 21.9 Å². The summed E-state index contributed by atoms with van der Waals surface area (Å²) in [6.45, 7) is 0. The van der Waals surface area contributed by atoms with Crippen LogP contribution in [0.2, 0.25) is 0 Å². The fourth-order valence-electron chi connectivity index (χ4n) is 2.90.